The fourth-order valence-corrected chi connectivity index (χ4v) is 1.58. The summed E-state index contributed by atoms with van der Waals surface area (Å²) >= 11 is 0. The van der Waals surface area contributed by atoms with Crippen LogP contribution in [0.15, 0.2) is 18.2 Å². The van der Waals surface area contributed by atoms with Crippen LogP contribution in [0.5, 0.6) is 0 Å². The lowest BCUT2D eigenvalue weighted by Crippen LogP contribution is -2.40. The summed E-state index contributed by atoms with van der Waals surface area (Å²) in [4.78, 5) is 0. The van der Waals surface area contributed by atoms with Crippen molar-refractivity contribution in [1.82, 2.24) is 15.3 Å². The normalized spacial score (nSPS) is 10.5. The Labute approximate surface area is 95.0 Å². The molecule has 2 heterocycles. The van der Waals surface area contributed by atoms with Crippen LogP contribution in [0.25, 0.3) is 5.69 Å². The second kappa shape index (κ2) is 3.96. The zero-order valence-electron chi connectivity index (χ0n) is 10.0. The Morgan fingerprint density at radius 3 is 2.44 bits per heavy atom. The molecule has 0 aliphatic carbocycles. The van der Waals surface area contributed by atoms with Crippen LogP contribution in [0.3, 0.4) is 0 Å². The van der Waals surface area contributed by atoms with Gasteiger partial charge in [-0.15, -0.1) is 5.10 Å². The first-order valence-electron chi connectivity index (χ1n) is 5.26. The van der Waals surface area contributed by atoms with Crippen molar-refractivity contribution in [2.24, 2.45) is 0 Å². The summed E-state index contributed by atoms with van der Waals surface area (Å²) in [5.74, 6) is 0. The average Bonchev–Trinajstić information content (AvgIpc) is 2.25. The number of rotatable bonds is 1. The highest BCUT2D eigenvalue weighted by atomic mass is 15.3. The maximum atomic E-state index is 4.49. The van der Waals surface area contributed by atoms with Crippen LogP contribution in [-0.4, -0.2) is 15.3 Å². The lowest BCUT2D eigenvalue weighted by molar-refractivity contribution is -0.667. The van der Waals surface area contributed by atoms with E-state index in [0.717, 1.165) is 28.5 Å². The smallest absolute Gasteiger partial charge is 0.155 e. The summed E-state index contributed by atoms with van der Waals surface area (Å²) in [5.41, 5.74) is 4.85. The Kier molecular flexibility index (Phi) is 2.64. The van der Waals surface area contributed by atoms with Crippen molar-refractivity contribution in [3.05, 3.63) is 41.0 Å². The van der Waals surface area contributed by atoms with Gasteiger partial charge in [0.1, 0.15) is 11.4 Å². The molecule has 16 heavy (non-hydrogen) atoms. The van der Waals surface area contributed by atoms with Crippen molar-refractivity contribution in [3.63, 3.8) is 0 Å². The predicted octanol–water partition coefficient (Wildman–Crippen LogP) is 1.38. The van der Waals surface area contributed by atoms with Gasteiger partial charge in [0.05, 0.1) is 5.69 Å². The lowest BCUT2D eigenvalue weighted by atomic mass is 10.3. The molecule has 0 aromatic carbocycles. The van der Waals surface area contributed by atoms with E-state index in [1.165, 1.54) is 0 Å². The Balaban J connectivity index is 2.66. The van der Waals surface area contributed by atoms with Gasteiger partial charge < -0.3 is 0 Å². The zero-order chi connectivity index (χ0) is 11.7. The minimum Gasteiger partial charge on any atom is -0.155 e. The van der Waals surface area contributed by atoms with Crippen molar-refractivity contribution >= 4 is 0 Å². The van der Waals surface area contributed by atoms with Crippen molar-refractivity contribution in [2.75, 3.05) is 0 Å². The van der Waals surface area contributed by atoms with Crippen molar-refractivity contribution < 1.29 is 4.68 Å². The van der Waals surface area contributed by atoms with Crippen molar-refractivity contribution in [1.29, 1.82) is 0 Å². The quantitative estimate of drug-likeness (QED) is 0.675. The molecule has 0 N–H and O–H groups in total. The third kappa shape index (κ3) is 1.91. The van der Waals surface area contributed by atoms with Gasteiger partial charge in [-0.05, 0) is 31.5 Å². The molecule has 0 aliphatic heterocycles. The van der Waals surface area contributed by atoms with E-state index in [-0.39, 0.29) is 0 Å². The Morgan fingerprint density at radius 2 is 1.69 bits per heavy atom. The first-order chi connectivity index (χ1) is 7.58. The number of hydrogen-bond donors (Lipinski definition) is 0. The van der Waals surface area contributed by atoms with Gasteiger partial charge in [-0.1, -0.05) is 0 Å². The molecule has 0 saturated heterocycles. The summed E-state index contributed by atoms with van der Waals surface area (Å²) in [6.45, 7) is 7.88. The monoisotopic (exact) mass is 215 g/mol. The van der Waals surface area contributed by atoms with E-state index < -0.39 is 0 Å². The zero-order valence-corrected chi connectivity index (χ0v) is 10.0. The van der Waals surface area contributed by atoms with Crippen LogP contribution in [0.1, 0.15) is 22.8 Å². The van der Waals surface area contributed by atoms with E-state index in [9.17, 15) is 0 Å². The molecule has 82 valence electrons. The molecular weight excluding hydrogens is 200 g/mol. The van der Waals surface area contributed by atoms with Crippen molar-refractivity contribution in [2.45, 2.75) is 27.7 Å². The van der Waals surface area contributed by atoms with E-state index >= 15 is 0 Å². The fourth-order valence-electron chi connectivity index (χ4n) is 1.58. The van der Waals surface area contributed by atoms with Crippen LogP contribution >= 0.6 is 0 Å². The molecule has 0 atom stereocenters. The van der Waals surface area contributed by atoms with Crippen molar-refractivity contribution in [3.8, 4) is 5.69 Å². The first kappa shape index (κ1) is 10.7. The van der Waals surface area contributed by atoms with E-state index in [1.807, 2.05) is 44.5 Å². The van der Waals surface area contributed by atoms with Gasteiger partial charge in [-0.2, -0.15) is 5.10 Å². The van der Waals surface area contributed by atoms with E-state index in [4.69, 9.17) is 0 Å². The second-order valence-electron chi connectivity index (χ2n) is 3.98. The average molecular weight is 215 g/mol. The summed E-state index contributed by atoms with van der Waals surface area (Å²) in [6.07, 6.45) is 0. The van der Waals surface area contributed by atoms with Gasteiger partial charge in [0.2, 0.25) is 5.69 Å². The van der Waals surface area contributed by atoms with Crippen LogP contribution in [-0.2, 0) is 0 Å². The van der Waals surface area contributed by atoms with Gasteiger partial charge in [0.25, 0.3) is 5.69 Å². The Hall–Kier alpha value is -1.84. The molecule has 0 amide bonds. The minimum atomic E-state index is 0.886. The molecule has 2 aromatic rings. The molecule has 0 saturated carbocycles. The molecule has 0 fully saturated rings. The van der Waals surface area contributed by atoms with Gasteiger partial charge in [0, 0.05) is 24.2 Å². The van der Waals surface area contributed by atoms with Gasteiger partial charge in [0.15, 0.2) is 0 Å². The number of hydrogen-bond acceptors (Lipinski definition) is 3. The third-order valence-electron chi connectivity index (χ3n) is 2.46. The fraction of sp³-hybridized carbons (Fsp3) is 0.333. The van der Waals surface area contributed by atoms with Crippen LogP contribution in [0, 0.1) is 27.7 Å². The standard InChI is InChI=1S/C12H15N4/c1-8-5-6-10(3)16(15-8)12-7-9(2)13-14-11(12)4/h5-7H,1-4H3/q+1. The molecular formula is C12H15N4+. The minimum absolute atomic E-state index is 0.886. The third-order valence-corrected chi connectivity index (χ3v) is 2.46. The highest BCUT2D eigenvalue weighted by molar-refractivity contribution is 5.27. The molecule has 2 rings (SSSR count). The molecule has 0 bridgehead atoms. The SMILES string of the molecule is Cc1cc(-[n+]2nc(C)ccc2C)c(C)nn1. The van der Waals surface area contributed by atoms with E-state index in [1.54, 1.807) is 0 Å². The number of aryl methyl sites for hydroxylation is 4. The highest BCUT2D eigenvalue weighted by Gasteiger charge is 2.17. The maximum Gasteiger partial charge on any atom is 0.263 e. The highest BCUT2D eigenvalue weighted by Crippen LogP contribution is 2.05. The molecule has 4 heteroatoms. The first-order valence-corrected chi connectivity index (χ1v) is 5.26. The summed E-state index contributed by atoms with van der Waals surface area (Å²) in [5, 5.41) is 12.6. The van der Waals surface area contributed by atoms with Crippen LogP contribution < -0.4 is 4.68 Å². The maximum absolute atomic E-state index is 4.49. The topological polar surface area (TPSA) is 42.5 Å². The molecule has 0 spiro atoms. The molecule has 0 aliphatic rings. The second-order valence-corrected chi connectivity index (χ2v) is 3.98. The summed E-state index contributed by atoms with van der Waals surface area (Å²) in [6, 6.07) is 6.06. The van der Waals surface area contributed by atoms with Crippen LogP contribution in [0.4, 0.5) is 0 Å². The Bertz CT molecular complexity index is 485. The molecule has 0 unspecified atom stereocenters. The number of aromatic nitrogens is 4. The van der Waals surface area contributed by atoms with Crippen LogP contribution in [0.2, 0.25) is 0 Å². The largest absolute Gasteiger partial charge is 0.263 e. The predicted molar refractivity (Wildman–Crippen MR) is 60.3 cm³/mol. The van der Waals surface area contributed by atoms with E-state index in [0.29, 0.717) is 0 Å². The lowest BCUT2D eigenvalue weighted by Gasteiger charge is -2.00. The molecule has 4 nitrogen and oxygen atoms in total. The van der Waals surface area contributed by atoms with Gasteiger partial charge in [-0.25, -0.2) is 0 Å². The van der Waals surface area contributed by atoms with Gasteiger partial charge >= 0.3 is 0 Å². The number of nitrogens with zero attached hydrogens (tertiary/aromatic N) is 4. The van der Waals surface area contributed by atoms with Gasteiger partial charge in [-0.3, -0.25) is 0 Å². The molecule has 2 aromatic heterocycles. The summed E-state index contributed by atoms with van der Waals surface area (Å²) < 4.78 is 1.91. The summed E-state index contributed by atoms with van der Waals surface area (Å²) in [7, 11) is 0. The Morgan fingerprint density at radius 1 is 0.938 bits per heavy atom. The van der Waals surface area contributed by atoms with E-state index in [2.05, 4.69) is 21.4 Å². The molecule has 0 radical (unpaired) electrons.